The van der Waals surface area contributed by atoms with Crippen LogP contribution in [0.2, 0.25) is 9.36 Å². The Morgan fingerprint density at radius 3 is 2.67 bits per heavy atom. The predicted molar refractivity (Wildman–Crippen MR) is 91.9 cm³/mol. The molecule has 0 saturated heterocycles. The van der Waals surface area contributed by atoms with Gasteiger partial charge in [0, 0.05) is 9.90 Å². The summed E-state index contributed by atoms with van der Waals surface area (Å²) in [6.07, 6.45) is 1.05. The molecular formula is C16H19Cl2NOS. The quantitative estimate of drug-likeness (QED) is 0.710. The van der Waals surface area contributed by atoms with Crippen LogP contribution in [0.3, 0.4) is 0 Å². The Hall–Kier alpha value is -0.740. The van der Waals surface area contributed by atoms with Crippen molar-refractivity contribution in [3.05, 3.63) is 50.6 Å². The van der Waals surface area contributed by atoms with Crippen LogP contribution >= 0.6 is 34.5 Å². The summed E-state index contributed by atoms with van der Waals surface area (Å²) in [5.41, 5.74) is 0. The summed E-state index contributed by atoms with van der Waals surface area (Å²) >= 11 is 13.6. The van der Waals surface area contributed by atoms with Crippen molar-refractivity contribution in [3.63, 3.8) is 0 Å². The van der Waals surface area contributed by atoms with Crippen LogP contribution in [0, 0.1) is 0 Å². The minimum absolute atomic E-state index is 0.0234. The summed E-state index contributed by atoms with van der Waals surface area (Å²) in [4.78, 5) is 1.18. The lowest BCUT2D eigenvalue weighted by Gasteiger charge is -2.25. The molecule has 2 aromatic rings. The van der Waals surface area contributed by atoms with E-state index >= 15 is 0 Å². The van der Waals surface area contributed by atoms with E-state index < -0.39 is 0 Å². The summed E-state index contributed by atoms with van der Waals surface area (Å²) in [6.45, 7) is 5.14. The summed E-state index contributed by atoms with van der Waals surface area (Å²) < 4.78 is 6.83. The Morgan fingerprint density at radius 1 is 1.24 bits per heavy atom. The minimum atomic E-state index is -0.0234. The van der Waals surface area contributed by atoms with Crippen LogP contribution in [0.1, 0.15) is 31.2 Å². The standard InChI is InChI=1S/C16H19Cl2NOS/c1-3-9-19-16(14-7-8-15(18)21-14)11(2)20-13-6-4-5-12(17)10-13/h4-8,10-11,16,19H,3,9H2,1-2H3. The highest BCUT2D eigenvalue weighted by Gasteiger charge is 2.22. The van der Waals surface area contributed by atoms with Gasteiger partial charge in [-0.3, -0.25) is 0 Å². The van der Waals surface area contributed by atoms with E-state index in [2.05, 4.69) is 25.2 Å². The van der Waals surface area contributed by atoms with Gasteiger partial charge in [-0.25, -0.2) is 0 Å². The molecule has 2 rings (SSSR count). The molecule has 1 aromatic carbocycles. The van der Waals surface area contributed by atoms with E-state index in [9.17, 15) is 0 Å². The van der Waals surface area contributed by atoms with Gasteiger partial charge in [0.05, 0.1) is 10.4 Å². The molecule has 114 valence electrons. The summed E-state index contributed by atoms with van der Waals surface area (Å²) in [7, 11) is 0. The smallest absolute Gasteiger partial charge is 0.121 e. The lowest BCUT2D eigenvalue weighted by Crippen LogP contribution is -2.33. The highest BCUT2D eigenvalue weighted by Crippen LogP contribution is 2.30. The van der Waals surface area contributed by atoms with Crippen molar-refractivity contribution in [2.45, 2.75) is 32.4 Å². The van der Waals surface area contributed by atoms with Crippen molar-refractivity contribution in [2.24, 2.45) is 0 Å². The normalized spacial score (nSPS) is 13.9. The van der Waals surface area contributed by atoms with Crippen molar-refractivity contribution < 1.29 is 4.74 Å². The summed E-state index contributed by atoms with van der Waals surface area (Å²) in [5, 5.41) is 4.21. The molecule has 5 heteroatoms. The van der Waals surface area contributed by atoms with Crippen molar-refractivity contribution in [2.75, 3.05) is 6.54 Å². The molecule has 0 fully saturated rings. The third kappa shape index (κ3) is 4.89. The van der Waals surface area contributed by atoms with E-state index in [4.69, 9.17) is 27.9 Å². The maximum atomic E-state index is 6.06. The SMILES string of the molecule is CCCNC(c1ccc(Cl)s1)C(C)Oc1cccc(Cl)c1. The molecule has 1 heterocycles. The van der Waals surface area contributed by atoms with Gasteiger partial charge in [-0.05, 0) is 50.2 Å². The van der Waals surface area contributed by atoms with Gasteiger partial charge >= 0.3 is 0 Å². The second kappa shape index (κ2) is 8.04. The molecule has 0 aliphatic carbocycles. The fourth-order valence-electron chi connectivity index (χ4n) is 2.12. The zero-order valence-electron chi connectivity index (χ0n) is 12.1. The van der Waals surface area contributed by atoms with E-state index in [-0.39, 0.29) is 12.1 Å². The number of benzene rings is 1. The van der Waals surface area contributed by atoms with Crippen molar-refractivity contribution in [1.82, 2.24) is 5.32 Å². The molecule has 1 aromatic heterocycles. The number of hydrogen-bond acceptors (Lipinski definition) is 3. The Kier molecular flexibility index (Phi) is 6.37. The Bertz CT molecular complexity index is 573. The largest absolute Gasteiger partial charge is 0.489 e. The first kappa shape index (κ1) is 16.6. The van der Waals surface area contributed by atoms with E-state index in [1.165, 1.54) is 4.88 Å². The van der Waals surface area contributed by atoms with E-state index in [0.717, 1.165) is 23.1 Å². The Morgan fingerprint density at radius 2 is 2.05 bits per heavy atom. The number of halogens is 2. The van der Waals surface area contributed by atoms with Crippen LogP contribution in [0.4, 0.5) is 0 Å². The van der Waals surface area contributed by atoms with Crippen molar-refractivity contribution in [1.29, 1.82) is 0 Å². The minimum Gasteiger partial charge on any atom is -0.489 e. The van der Waals surface area contributed by atoms with Gasteiger partial charge in [-0.1, -0.05) is 36.2 Å². The van der Waals surface area contributed by atoms with Gasteiger partial charge in [-0.2, -0.15) is 0 Å². The molecular weight excluding hydrogens is 325 g/mol. The second-order valence-corrected chi connectivity index (χ2v) is 7.04. The summed E-state index contributed by atoms with van der Waals surface area (Å²) in [5.74, 6) is 0.779. The van der Waals surface area contributed by atoms with E-state index in [1.54, 1.807) is 11.3 Å². The zero-order valence-corrected chi connectivity index (χ0v) is 14.4. The number of rotatable bonds is 7. The second-order valence-electron chi connectivity index (χ2n) is 4.85. The molecule has 2 atom stereocenters. The molecule has 0 aliphatic rings. The van der Waals surface area contributed by atoms with Crippen LogP contribution < -0.4 is 10.1 Å². The highest BCUT2D eigenvalue weighted by atomic mass is 35.5. The molecule has 0 aliphatic heterocycles. The fraction of sp³-hybridized carbons (Fsp3) is 0.375. The van der Waals surface area contributed by atoms with E-state index in [0.29, 0.717) is 5.02 Å². The van der Waals surface area contributed by atoms with Crippen LogP contribution in [0.5, 0.6) is 5.75 Å². The van der Waals surface area contributed by atoms with E-state index in [1.807, 2.05) is 30.3 Å². The third-order valence-electron chi connectivity index (χ3n) is 3.10. The van der Waals surface area contributed by atoms with Gasteiger partial charge in [0.2, 0.25) is 0 Å². The number of hydrogen-bond donors (Lipinski definition) is 1. The molecule has 2 unspecified atom stereocenters. The van der Waals surface area contributed by atoms with Crippen LogP contribution in [-0.2, 0) is 0 Å². The number of thiophene rings is 1. The molecule has 0 spiro atoms. The number of nitrogens with one attached hydrogen (secondary N) is 1. The molecule has 0 radical (unpaired) electrons. The van der Waals surface area contributed by atoms with Crippen molar-refractivity contribution >= 4 is 34.5 Å². The van der Waals surface area contributed by atoms with Gasteiger partial charge in [-0.15, -0.1) is 11.3 Å². The third-order valence-corrected chi connectivity index (χ3v) is 4.65. The predicted octanol–water partition coefficient (Wildman–Crippen LogP) is 5.56. The van der Waals surface area contributed by atoms with Crippen molar-refractivity contribution in [3.8, 4) is 5.75 Å². The highest BCUT2D eigenvalue weighted by molar-refractivity contribution is 7.16. The van der Waals surface area contributed by atoms with Crippen LogP contribution in [0.25, 0.3) is 0 Å². The molecule has 2 nitrogen and oxygen atoms in total. The van der Waals surface area contributed by atoms with Crippen LogP contribution in [-0.4, -0.2) is 12.6 Å². The van der Waals surface area contributed by atoms with Gasteiger partial charge < -0.3 is 10.1 Å². The number of ether oxygens (including phenoxy) is 1. The van der Waals surface area contributed by atoms with Gasteiger partial charge in [0.1, 0.15) is 11.9 Å². The van der Waals surface area contributed by atoms with Crippen LogP contribution in [0.15, 0.2) is 36.4 Å². The average Bonchev–Trinajstić information content (AvgIpc) is 2.85. The zero-order chi connectivity index (χ0) is 15.2. The molecule has 0 amide bonds. The average molecular weight is 344 g/mol. The molecule has 21 heavy (non-hydrogen) atoms. The lowest BCUT2D eigenvalue weighted by molar-refractivity contribution is 0.172. The maximum Gasteiger partial charge on any atom is 0.121 e. The lowest BCUT2D eigenvalue weighted by atomic mass is 10.1. The van der Waals surface area contributed by atoms with Gasteiger partial charge in [0.25, 0.3) is 0 Å². The van der Waals surface area contributed by atoms with Gasteiger partial charge in [0.15, 0.2) is 0 Å². The maximum absolute atomic E-state index is 6.06. The molecule has 1 N–H and O–H groups in total. The first-order valence-corrected chi connectivity index (χ1v) is 8.58. The Balaban J connectivity index is 2.12. The first-order chi connectivity index (χ1) is 10.1. The first-order valence-electron chi connectivity index (χ1n) is 7.01. The summed E-state index contributed by atoms with van der Waals surface area (Å²) in [6, 6.07) is 11.6. The fourth-order valence-corrected chi connectivity index (χ4v) is 3.53. The molecule has 0 bridgehead atoms. The Labute approximate surface area is 140 Å². The molecule has 0 saturated carbocycles. The monoisotopic (exact) mass is 343 g/mol. The topological polar surface area (TPSA) is 21.3 Å².